The van der Waals surface area contributed by atoms with Crippen LogP contribution < -0.4 is 4.74 Å². The van der Waals surface area contributed by atoms with Crippen molar-refractivity contribution in [3.63, 3.8) is 0 Å². The predicted octanol–water partition coefficient (Wildman–Crippen LogP) is 5.03. The highest BCUT2D eigenvalue weighted by Crippen LogP contribution is 2.40. The average molecular weight is 298 g/mol. The maximum Gasteiger partial charge on any atom is 0.159 e. The molecule has 1 atom stereocenters. The number of methoxy groups -OCH3 is 1. The summed E-state index contributed by atoms with van der Waals surface area (Å²) in [5, 5.41) is 0. The molecule has 0 N–H and O–H groups in total. The van der Waals surface area contributed by atoms with Gasteiger partial charge in [0, 0.05) is 6.42 Å². The van der Waals surface area contributed by atoms with Gasteiger partial charge in [0.1, 0.15) is 5.75 Å². The van der Waals surface area contributed by atoms with Gasteiger partial charge in [-0.25, -0.2) is 0 Å². The van der Waals surface area contributed by atoms with Crippen LogP contribution in [0.3, 0.4) is 0 Å². The summed E-state index contributed by atoms with van der Waals surface area (Å²) in [6.45, 7) is 0. The van der Waals surface area contributed by atoms with Gasteiger partial charge < -0.3 is 4.74 Å². The third-order valence-electron chi connectivity index (χ3n) is 5.30. The summed E-state index contributed by atoms with van der Waals surface area (Å²) in [5.41, 5.74) is 2.20. The normalized spacial score (nSPS) is 25.4. The van der Waals surface area contributed by atoms with Gasteiger partial charge in [-0.2, -0.15) is 0 Å². The topological polar surface area (TPSA) is 26.3 Å². The van der Waals surface area contributed by atoms with Crippen molar-refractivity contribution in [1.82, 2.24) is 0 Å². The molecule has 0 aromatic heterocycles. The van der Waals surface area contributed by atoms with E-state index in [0.717, 1.165) is 35.6 Å². The number of hydrogen-bond acceptors (Lipinski definition) is 2. The Morgan fingerprint density at radius 2 is 1.73 bits per heavy atom. The molecule has 2 saturated carbocycles. The van der Waals surface area contributed by atoms with Crippen LogP contribution in [0, 0.1) is 11.8 Å². The van der Waals surface area contributed by atoms with Gasteiger partial charge in [0.05, 0.1) is 7.11 Å². The van der Waals surface area contributed by atoms with E-state index in [0.29, 0.717) is 11.7 Å². The van der Waals surface area contributed by atoms with Crippen LogP contribution in [-0.4, -0.2) is 12.9 Å². The lowest BCUT2D eigenvalue weighted by Gasteiger charge is -2.34. The van der Waals surface area contributed by atoms with Crippen LogP contribution in [-0.2, 0) is 4.79 Å². The van der Waals surface area contributed by atoms with E-state index in [1.165, 1.54) is 38.5 Å². The molecule has 22 heavy (non-hydrogen) atoms. The van der Waals surface area contributed by atoms with E-state index >= 15 is 0 Å². The van der Waals surface area contributed by atoms with Crippen LogP contribution in [0.5, 0.6) is 5.75 Å². The summed E-state index contributed by atoms with van der Waals surface area (Å²) in [4.78, 5) is 12.5. The summed E-state index contributed by atoms with van der Waals surface area (Å²) in [6, 6.07) is 8.03. The molecule has 0 amide bonds. The van der Waals surface area contributed by atoms with Gasteiger partial charge in [-0.1, -0.05) is 31.4 Å². The Hall–Kier alpha value is -1.57. The number of ether oxygens (including phenoxy) is 1. The maximum atomic E-state index is 12.5. The fourth-order valence-corrected chi connectivity index (χ4v) is 4.08. The molecule has 3 rings (SSSR count). The molecule has 0 bridgehead atoms. The molecule has 2 nitrogen and oxygen atoms in total. The number of allylic oxidation sites excluding steroid dienone is 1. The van der Waals surface area contributed by atoms with Crippen molar-refractivity contribution in [3.05, 3.63) is 35.4 Å². The molecule has 0 saturated heterocycles. The molecule has 0 radical (unpaired) electrons. The second-order valence-corrected chi connectivity index (χ2v) is 6.69. The van der Waals surface area contributed by atoms with Gasteiger partial charge in [-0.3, -0.25) is 4.79 Å². The molecule has 0 spiro atoms. The Labute approximate surface area is 133 Å². The molecular weight excluding hydrogens is 272 g/mol. The summed E-state index contributed by atoms with van der Waals surface area (Å²) in [5.74, 6) is 2.45. The van der Waals surface area contributed by atoms with E-state index in [9.17, 15) is 4.79 Å². The lowest BCUT2D eigenvalue weighted by molar-refractivity contribution is -0.117. The monoisotopic (exact) mass is 298 g/mol. The molecule has 1 aromatic carbocycles. The number of rotatable bonds is 3. The molecule has 0 aliphatic heterocycles. The summed E-state index contributed by atoms with van der Waals surface area (Å²) in [6.07, 6.45) is 11.8. The Balaban J connectivity index is 1.84. The first-order valence-corrected chi connectivity index (χ1v) is 8.67. The van der Waals surface area contributed by atoms with Crippen molar-refractivity contribution >= 4 is 11.9 Å². The minimum Gasteiger partial charge on any atom is -0.497 e. The Bertz CT molecular complexity index is 535. The number of ketones is 1. The highest BCUT2D eigenvalue weighted by molar-refractivity contribution is 6.00. The Morgan fingerprint density at radius 1 is 1.00 bits per heavy atom. The molecule has 0 heterocycles. The van der Waals surface area contributed by atoms with Crippen LogP contribution >= 0.6 is 0 Å². The number of benzene rings is 1. The first kappa shape index (κ1) is 15.3. The van der Waals surface area contributed by atoms with E-state index in [1.807, 2.05) is 24.3 Å². The second-order valence-electron chi connectivity index (χ2n) is 6.69. The quantitative estimate of drug-likeness (QED) is 0.732. The van der Waals surface area contributed by atoms with E-state index in [-0.39, 0.29) is 0 Å². The van der Waals surface area contributed by atoms with Gasteiger partial charge in [-0.15, -0.1) is 0 Å². The van der Waals surface area contributed by atoms with Crippen LogP contribution in [0.25, 0.3) is 6.08 Å². The first-order chi connectivity index (χ1) is 10.8. The molecule has 2 heteroatoms. The second kappa shape index (κ2) is 7.13. The van der Waals surface area contributed by atoms with Crippen LogP contribution in [0.15, 0.2) is 29.8 Å². The number of carbonyl (C=O) groups excluding carboxylic acids is 1. The van der Waals surface area contributed by atoms with Gasteiger partial charge in [0.25, 0.3) is 0 Å². The van der Waals surface area contributed by atoms with Crippen molar-refractivity contribution in [2.45, 2.75) is 51.4 Å². The number of carbonyl (C=O) groups is 1. The van der Waals surface area contributed by atoms with Crippen LogP contribution in [0.2, 0.25) is 0 Å². The first-order valence-electron chi connectivity index (χ1n) is 8.67. The van der Waals surface area contributed by atoms with E-state index < -0.39 is 0 Å². The fraction of sp³-hybridized carbons (Fsp3) is 0.550. The molecule has 1 unspecified atom stereocenters. The highest BCUT2D eigenvalue weighted by Gasteiger charge is 2.32. The van der Waals surface area contributed by atoms with Crippen molar-refractivity contribution in [2.24, 2.45) is 11.8 Å². The number of Topliss-reactive ketones (excluding diaryl/α,β-unsaturated/α-hetero) is 1. The van der Waals surface area contributed by atoms with Gasteiger partial charge >= 0.3 is 0 Å². The van der Waals surface area contributed by atoms with Gasteiger partial charge in [-0.05, 0) is 66.9 Å². The van der Waals surface area contributed by atoms with E-state index in [4.69, 9.17) is 4.74 Å². The Kier molecular flexibility index (Phi) is 4.97. The van der Waals surface area contributed by atoms with Crippen molar-refractivity contribution in [3.8, 4) is 5.75 Å². The molecule has 2 aliphatic rings. The van der Waals surface area contributed by atoms with Crippen molar-refractivity contribution in [1.29, 1.82) is 0 Å². The smallest absolute Gasteiger partial charge is 0.159 e. The summed E-state index contributed by atoms with van der Waals surface area (Å²) in [7, 11) is 1.68. The fourth-order valence-electron chi connectivity index (χ4n) is 4.08. The molecule has 2 aliphatic carbocycles. The van der Waals surface area contributed by atoms with Gasteiger partial charge in [0.15, 0.2) is 5.78 Å². The van der Waals surface area contributed by atoms with E-state index in [1.54, 1.807) is 7.11 Å². The SMILES string of the molecule is COc1ccc(/C=C2\C(=O)CCCC2C2CCCCC2)cc1. The molecule has 118 valence electrons. The minimum absolute atomic E-state index is 0.373. The zero-order valence-electron chi connectivity index (χ0n) is 13.5. The van der Waals surface area contributed by atoms with Crippen LogP contribution in [0.1, 0.15) is 56.9 Å². The maximum absolute atomic E-state index is 12.5. The average Bonchev–Trinajstić information content (AvgIpc) is 2.58. The number of hydrogen-bond donors (Lipinski definition) is 0. The molecule has 1 aromatic rings. The zero-order chi connectivity index (χ0) is 15.4. The lowest BCUT2D eigenvalue weighted by atomic mass is 9.70. The minimum atomic E-state index is 0.373. The highest BCUT2D eigenvalue weighted by atomic mass is 16.5. The largest absolute Gasteiger partial charge is 0.497 e. The summed E-state index contributed by atoms with van der Waals surface area (Å²) < 4.78 is 5.21. The predicted molar refractivity (Wildman–Crippen MR) is 89.9 cm³/mol. The molecule has 2 fully saturated rings. The van der Waals surface area contributed by atoms with Gasteiger partial charge in [0.2, 0.25) is 0 Å². The third kappa shape index (κ3) is 3.43. The lowest BCUT2D eigenvalue weighted by Crippen LogP contribution is -2.27. The molecular formula is C20H26O2. The van der Waals surface area contributed by atoms with Crippen molar-refractivity contribution in [2.75, 3.05) is 7.11 Å². The third-order valence-corrected chi connectivity index (χ3v) is 5.30. The Morgan fingerprint density at radius 3 is 2.41 bits per heavy atom. The van der Waals surface area contributed by atoms with Crippen molar-refractivity contribution < 1.29 is 9.53 Å². The van der Waals surface area contributed by atoms with Crippen LogP contribution in [0.4, 0.5) is 0 Å². The zero-order valence-corrected chi connectivity index (χ0v) is 13.5. The van der Waals surface area contributed by atoms with E-state index in [2.05, 4.69) is 6.08 Å². The standard InChI is InChI=1S/C20H26O2/c1-22-17-12-10-15(11-13-17)14-19-18(8-5-9-20(19)21)16-6-3-2-4-7-16/h10-14,16,18H,2-9H2,1H3/b19-14-. The summed E-state index contributed by atoms with van der Waals surface area (Å²) >= 11 is 0.